The molecule has 1 aliphatic carbocycles. The van der Waals surface area contributed by atoms with Crippen molar-refractivity contribution in [2.45, 2.75) is 48.5 Å². The van der Waals surface area contributed by atoms with Gasteiger partial charge in [0.25, 0.3) is 5.91 Å². The molecular weight excluding hydrogens is 375 g/mol. The number of alkyl halides is 2. The van der Waals surface area contributed by atoms with Gasteiger partial charge in [-0.1, -0.05) is 41.9 Å². The van der Waals surface area contributed by atoms with Gasteiger partial charge in [0.05, 0.1) is 12.7 Å². The molecule has 1 saturated carbocycles. The number of hydrogen-bond donors (Lipinski definition) is 0. The maximum absolute atomic E-state index is 13.3. The number of hydrogen-bond acceptors (Lipinski definition) is 4. The van der Waals surface area contributed by atoms with Crippen molar-refractivity contribution in [1.29, 1.82) is 5.26 Å². The van der Waals surface area contributed by atoms with Crippen LogP contribution in [0.25, 0.3) is 0 Å². The number of rotatable bonds is 4. The van der Waals surface area contributed by atoms with Gasteiger partial charge >= 0.3 is 5.97 Å². The summed E-state index contributed by atoms with van der Waals surface area (Å²) in [6.07, 6.45) is 1.37. The van der Waals surface area contributed by atoms with E-state index in [1.165, 1.54) is 0 Å². The standard InChI is InChI=1S/C19H20Cl2N2O3/c1-2-26-17(25)19(21)15-10-14(8-9-18(15,20)12-22)23(16(19)24)11-13-6-4-3-5-7-13/h3-7,14-15H,2,8-11H2,1H3/t14-,15-,18+,19+/m1/s1. The summed E-state index contributed by atoms with van der Waals surface area (Å²) in [5, 5.41) is 9.58. The SMILES string of the molecule is CCOC(=O)[C@@]1(Cl)C(=O)N(Cc2ccccc2)[C@@H]2CC[C@](Cl)(C#N)[C@H]1C2. The second kappa shape index (κ2) is 7.09. The summed E-state index contributed by atoms with van der Waals surface area (Å²) in [6.45, 7) is 2.10. The number of fused-ring (bicyclic) bond motifs is 2. The van der Waals surface area contributed by atoms with Crippen LogP contribution in [0.5, 0.6) is 0 Å². The molecule has 5 nitrogen and oxygen atoms in total. The molecule has 1 amide bonds. The normalized spacial score (nSPS) is 33.5. The fourth-order valence-corrected chi connectivity index (χ4v) is 4.85. The molecular formula is C19H20Cl2N2O3. The maximum atomic E-state index is 13.3. The number of halogens is 2. The minimum absolute atomic E-state index is 0.0945. The van der Waals surface area contributed by atoms with Gasteiger partial charge in [-0.05, 0) is 31.7 Å². The van der Waals surface area contributed by atoms with Crippen LogP contribution in [0.2, 0.25) is 0 Å². The van der Waals surface area contributed by atoms with Gasteiger partial charge in [0.1, 0.15) is 4.87 Å². The number of benzene rings is 1. The molecule has 0 aromatic heterocycles. The lowest BCUT2D eigenvalue weighted by Gasteiger charge is -2.53. The molecule has 1 aromatic rings. The molecule has 2 fully saturated rings. The van der Waals surface area contributed by atoms with Crippen molar-refractivity contribution in [2.75, 3.05) is 6.61 Å². The van der Waals surface area contributed by atoms with Crippen molar-refractivity contribution in [1.82, 2.24) is 4.90 Å². The molecule has 3 rings (SSSR count). The van der Waals surface area contributed by atoms with Gasteiger partial charge in [0.2, 0.25) is 4.87 Å². The first-order valence-electron chi connectivity index (χ1n) is 8.68. The van der Waals surface area contributed by atoms with E-state index in [1.54, 1.807) is 11.8 Å². The van der Waals surface area contributed by atoms with E-state index in [-0.39, 0.29) is 12.6 Å². The van der Waals surface area contributed by atoms with Crippen LogP contribution in [0.1, 0.15) is 31.7 Å². The summed E-state index contributed by atoms with van der Waals surface area (Å²) in [6, 6.07) is 11.5. The van der Waals surface area contributed by atoms with E-state index in [9.17, 15) is 14.9 Å². The zero-order valence-corrected chi connectivity index (χ0v) is 16.0. The molecule has 4 atom stereocenters. The van der Waals surface area contributed by atoms with Gasteiger partial charge in [-0.15, -0.1) is 11.6 Å². The molecule has 7 heteroatoms. The third-order valence-corrected chi connectivity index (χ3v) is 6.46. The number of amides is 1. The highest BCUT2D eigenvalue weighted by Gasteiger charge is 2.66. The van der Waals surface area contributed by atoms with Crippen molar-refractivity contribution in [3.8, 4) is 6.07 Å². The highest BCUT2D eigenvalue weighted by Crippen LogP contribution is 2.53. The highest BCUT2D eigenvalue weighted by atomic mass is 35.5. The van der Waals surface area contributed by atoms with Crippen LogP contribution >= 0.6 is 23.2 Å². The number of likely N-dealkylation sites (tertiary alicyclic amines) is 1. The van der Waals surface area contributed by atoms with Crippen LogP contribution in [0.4, 0.5) is 0 Å². The Kier molecular flexibility index (Phi) is 5.18. The molecule has 0 radical (unpaired) electrons. The summed E-state index contributed by atoms with van der Waals surface area (Å²) in [5.74, 6) is -2.14. The second-order valence-corrected chi connectivity index (χ2v) is 8.08. The van der Waals surface area contributed by atoms with Gasteiger partial charge in [-0.2, -0.15) is 5.26 Å². The molecule has 1 heterocycles. The van der Waals surface area contributed by atoms with Crippen LogP contribution in [0, 0.1) is 17.2 Å². The Bertz CT molecular complexity index is 751. The highest BCUT2D eigenvalue weighted by molar-refractivity contribution is 6.46. The van der Waals surface area contributed by atoms with E-state index < -0.39 is 27.5 Å². The van der Waals surface area contributed by atoms with Crippen LogP contribution in [0.3, 0.4) is 0 Å². The van der Waals surface area contributed by atoms with Crippen molar-refractivity contribution in [3.63, 3.8) is 0 Å². The van der Waals surface area contributed by atoms with Crippen molar-refractivity contribution >= 4 is 35.1 Å². The Morgan fingerprint density at radius 3 is 2.69 bits per heavy atom. The summed E-state index contributed by atoms with van der Waals surface area (Å²) < 4.78 is 5.10. The lowest BCUT2D eigenvalue weighted by atomic mass is 9.66. The number of carbonyl (C=O) groups is 2. The summed E-state index contributed by atoms with van der Waals surface area (Å²) >= 11 is 13.1. The van der Waals surface area contributed by atoms with Gasteiger partial charge in [-0.3, -0.25) is 4.79 Å². The number of ether oxygens (including phenoxy) is 1. The molecule has 1 saturated heterocycles. The van der Waals surface area contributed by atoms with Crippen LogP contribution in [-0.4, -0.2) is 39.2 Å². The smallest absolute Gasteiger partial charge is 0.337 e. The molecule has 0 N–H and O–H groups in total. The molecule has 0 spiro atoms. The van der Waals surface area contributed by atoms with E-state index in [2.05, 4.69) is 6.07 Å². The summed E-state index contributed by atoms with van der Waals surface area (Å²) in [5.41, 5.74) is 0.949. The Balaban J connectivity index is 2.00. The van der Waals surface area contributed by atoms with Gasteiger partial charge in [0.15, 0.2) is 0 Å². The molecule has 26 heavy (non-hydrogen) atoms. The summed E-state index contributed by atoms with van der Waals surface area (Å²) in [4.78, 5) is 24.3. The first-order valence-corrected chi connectivity index (χ1v) is 9.43. The van der Waals surface area contributed by atoms with E-state index >= 15 is 0 Å². The minimum Gasteiger partial charge on any atom is -0.464 e. The third kappa shape index (κ3) is 2.95. The molecule has 0 unspecified atom stereocenters. The zero-order chi connectivity index (χ0) is 18.9. The van der Waals surface area contributed by atoms with Crippen LogP contribution < -0.4 is 0 Å². The number of esters is 1. The Morgan fingerprint density at radius 1 is 1.38 bits per heavy atom. The average Bonchev–Trinajstić information content (AvgIpc) is 2.66. The predicted octanol–water partition coefficient (Wildman–Crippen LogP) is 3.24. The Morgan fingerprint density at radius 2 is 2.08 bits per heavy atom. The van der Waals surface area contributed by atoms with Crippen LogP contribution in [-0.2, 0) is 20.9 Å². The van der Waals surface area contributed by atoms with Gasteiger partial charge in [-0.25, -0.2) is 4.79 Å². The van der Waals surface area contributed by atoms with Gasteiger partial charge in [0, 0.05) is 18.5 Å². The molecule has 1 aliphatic heterocycles. The fourth-order valence-electron chi connectivity index (χ4n) is 3.99. The molecule has 2 bridgehead atoms. The number of carbonyl (C=O) groups excluding carboxylic acids is 2. The molecule has 1 aromatic carbocycles. The first kappa shape index (κ1) is 19.0. The third-order valence-electron chi connectivity index (χ3n) is 5.35. The monoisotopic (exact) mass is 394 g/mol. The largest absolute Gasteiger partial charge is 0.464 e. The van der Waals surface area contributed by atoms with Crippen molar-refractivity contribution < 1.29 is 14.3 Å². The Labute approximate surface area is 162 Å². The van der Waals surface area contributed by atoms with Gasteiger partial charge < -0.3 is 9.64 Å². The number of nitriles is 1. The van der Waals surface area contributed by atoms with E-state index in [1.807, 2.05) is 30.3 Å². The number of nitrogens with zero attached hydrogens (tertiary/aromatic N) is 2. The van der Waals surface area contributed by atoms with E-state index in [0.717, 1.165) is 5.56 Å². The van der Waals surface area contributed by atoms with E-state index in [0.29, 0.717) is 25.8 Å². The molecule has 138 valence electrons. The quantitative estimate of drug-likeness (QED) is 0.446. The lowest BCUT2D eigenvalue weighted by Crippen LogP contribution is -2.68. The lowest BCUT2D eigenvalue weighted by molar-refractivity contribution is -0.163. The van der Waals surface area contributed by atoms with Crippen LogP contribution in [0.15, 0.2) is 30.3 Å². The second-order valence-electron chi connectivity index (χ2n) is 6.81. The first-order chi connectivity index (χ1) is 12.4. The van der Waals surface area contributed by atoms with Crippen molar-refractivity contribution in [3.05, 3.63) is 35.9 Å². The maximum Gasteiger partial charge on any atom is 0.337 e. The predicted molar refractivity (Wildman–Crippen MR) is 97.5 cm³/mol. The minimum atomic E-state index is -1.97. The molecule has 2 aliphatic rings. The average molecular weight is 395 g/mol. The Hall–Kier alpha value is -1.77. The fraction of sp³-hybridized carbons (Fsp3) is 0.526. The van der Waals surface area contributed by atoms with Crippen molar-refractivity contribution in [2.24, 2.45) is 5.92 Å². The number of piperidine rings is 1. The summed E-state index contributed by atoms with van der Waals surface area (Å²) in [7, 11) is 0. The zero-order valence-electron chi connectivity index (χ0n) is 14.5. The topological polar surface area (TPSA) is 70.4 Å². The van der Waals surface area contributed by atoms with E-state index in [4.69, 9.17) is 27.9 Å².